The lowest BCUT2D eigenvalue weighted by Gasteiger charge is -2.47. The van der Waals surface area contributed by atoms with Gasteiger partial charge in [-0.3, -0.25) is 14.5 Å². The molecule has 0 radical (unpaired) electrons. The van der Waals surface area contributed by atoms with Crippen LogP contribution in [0.1, 0.15) is 46.1 Å². The number of esters is 1. The molecule has 9 heteroatoms. The average molecular weight is 594 g/mol. The topological polar surface area (TPSA) is 105 Å². The quantitative estimate of drug-likeness (QED) is 0.471. The summed E-state index contributed by atoms with van der Waals surface area (Å²) < 4.78 is 5.93. The highest BCUT2D eigenvalue weighted by Crippen LogP contribution is 2.57. The van der Waals surface area contributed by atoms with Crippen molar-refractivity contribution in [1.29, 1.82) is 0 Å². The van der Waals surface area contributed by atoms with Gasteiger partial charge in [-0.2, -0.15) is 0 Å². The molecule has 1 atom stereocenters. The van der Waals surface area contributed by atoms with Gasteiger partial charge >= 0.3 is 5.97 Å². The monoisotopic (exact) mass is 592 g/mol. The SMILES string of the molecule is CCN(CC)c1ccc(N2C(N)=C(C(=O)OC)C3(C(=O)Nc4ccc(Br)cc43)C3=C2CC(C)(C)CC3=O)cc1. The van der Waals surface area contributed by atoms with E-state index in [2.05, 4.69) is 40.0 Å². The van der Waals surface area contributed by atoms with Gasteiger partial charge in [-0.25, -0.2) is 4.79 Å². The van der Waals surface area contributed by atoms with Crippen LogP contribution in [0.2, 0.25) is 0 Å². The summed E-state index contributed by atoms with van der Waals surface area (Å²) in [5, 5.41) is 2.91. The lowest BCUT2D eigenvalue weighted by Crippen LogP contribution is -2.54. The van der Waals surface area contributed by atoms with Gasteiger partial charge in [-0.15, -0.1) is 0 Å². The summed E-state index contributed by atoms with van der Waals surface area (Å²) in [6.07, 6.45) is 0.715. The number of nitrogens with one attached hydrogen (secondary N) is 1. The van der Waals surface area contributed by atoms with E-state index in [0.29, 0.717) is 33.5 Å². The highest BCUT2D eigenvalue weighted by Gasteiger charge is 2.63. The molecule has 1 spiro atoms. The lowest BCUT2D eigenvalue weighted by molar-refractivity contribution is -0.138. The zero-order valence-corrected chi connectivity index (χ0v) is 24.4. The molecule has 2 aliphatic heterocycles. The highest BCUT2D eigenvalue weighted by atomic mass is 79.9. The molecular formula is C30H33BrN4O4. The Morgan fingerprint density at radius 3 is 2.38 bits per heavy atom. The molecule has 0 saturated carbocycles. The fourth-order valence-electron chi connectivity index (χ4n) is 6.31. The number of ketones is 1. The van der Waals surface area contributed by atoms with Crippen molar-refractivity contribution in [3.63, 3.8) is 0 Å². The van der Waals surface area contributed by atoms with Crippen molar-refractivity contribution in [2.45, 2.75) is 46.0 Å². The first-order valence-corrected chi connectivity index (χ1v) is 13.9. The molecule has 39 heavy (non-hydrogen) atoms. The summed E-state index contributed by atoms with van der Waals surface area (Å²) in [7, 11) is 1.25. The minimum Gasteiger partial charge on any atom is -0.466 e. The summed E-state index contributed by atoms with van der Waals surface area (Å²) in [6.45, 7) is 9.97. The van der Waals surface area contributed by atoms with Gasteiger partial charge in [-0.05, 0) is 68.1 Å². The Kier molecular flexibility index (Phi) is 6.61. The molecule has 1 unspecified atom stereocenters. The predicted octanol–water partition coefficient (Wildman–Crippen LogP) is 4.99. The van der Waals surface area contributed by atoms with Gasteiger partial charge in [-0.1, -0.05) is 29.8 Å². The van der Waals surface area contributed by atoms with Gasteiger partial charge < -0.3 is 20.7 Å². The van der Waals surface area contributed by atoms with Crippen LogP contribution in [-0.2, 0) is 24.5 Å². The van der Waals surface area contributed by atoms with Gasteiger partial charge in [0.25, 0.3) is 0 Å². The molecule has 8 nitrogen and oxygen atoms in total. The van der Waals surface area contributed by atoms with Crippen LogP contribution in [0.25, 0.3) is 0 Å². The number of carbonyl (C=O) groups is 3. The summed E-state index contributed by atoms with van der Waals surface area (Å²) in [6, 6.07) is 13.2. The van der Waals surface area contributed by atoms with E-state index in [-0.39, 0.29) is 34.6 Å². The third-order valence-electron chi connectivity index (χ3n) is 7.97. The maximum Gasteiger partial charge on any atom is 0.339 e. The number of amides is 1. The molecule has 0 fully saturated rings. The second kappa shape index (κ2) is 9.55. The molecular weight excluding hydrogens is 560 g/mol. The van der Waals surface area contributed by atoms with Crippen molar-refractivity contribution in [3.8, 4) is 0 Å². The molecule has 3 N–H and O–H groups in total. The summed E-state index contributed by atoms with van der Waals surface area (Å²) in [5.74, 6) is -1.37. The third-order valence-corrected chi connectivity index (χ3v) is 8.46. The Bertz CT molecular complexity index is 1460. The Hall–Kier alpha value is -3.59. The zero-order chi connectivity index (χ0) is 28.3. The van der Waals surface area contributed by atoms with Gasteiger partial charge in [0.1, 0.15) is 16.8 Å². The van der Waals surface area contributed by atoms with E-state index in [1.165, 1.54) is 7.11 Å². The number of anilines is 3. The van der Waals surface area contributed by atoms with Crippen LogP contribution in [0.4, 0.5) is 17.1 Å². The first kappa shape index (κ1) is 27.0. The first-order valence-electron chi connectivity index (χ1n) is 13.1. The number of ether oxygens (including phenoxy) is 1. The standard InChI is InChI=1S/C30H33BrN4O4/c1-6-34(7-2)18-9-11-19(12-10-18)35-22-15-29(3,4)16-23(36)24(22)30(25(26(35)32)27(37)39-5)20-14-17(31)8-13-21(20)33-28(30)38/h8-14H,6-7,15-16,32H2,1-5H3,(H,33,38). The van der Waals surface area contributed by atoms with E-state index in [4.69, 9.17) is 10.5 Å². The number of benzene rings is 2. The maximum absolute atomic E-state index is 14.1. The van der Waals surface area contributed by atoms with Crippen LogP contribution in [0.3, 0.4) is 0 Å². The van der Waals surface area contributed by atoms with E-state index in [9.17, 15) is 14.4 Å². The predicted molar refractivity (Wildman–Crippen MR) is 155 cm³/mol. The molecule has 2 aromatic carbocycles. The van der Waals surface area contributed by atoms with Crippen LogP contribution < -0.4 is 20.9 Å². The number of allylic oxidation sites excluding steroid dienone is 1. The molecule has 1 aliphatic carbocycles. The smallest absolute Gasteiger partial charge is 0.339 e. The molecule has 5 rings (SSSR count). The van der Waals surface area contributed by atoms with Crippen molar-refractivity contribution < 1.29 is 19.1 Å². The molecule has 3 aliphatic rings. The first-order chi connectivity index (χ1) is 18.5. The number of nitrogens with two attached hydrogens (primary N) is 1. The molecule has 2 heterocycles. The van der Waals surface area contributed by atoms with E-state index in [1.807, 2.05) is 38.1 Å². The number of methoxy groups -OCH3 is 1. The van der Waals surface area contributed by atoms with Crippen molar-refractivity contribution in [2.24, 2.45) is 11.1 Å². The molecule has 2 aromatic rings. The Morgan fingerprint density at radius 1 is 1.10 bits per heavy atom. The molecule has 0 aromatic heterocycles. The summed E-state index contributed by atoms with van der Waals surface area (Å²) >= 11 is 3.51. The minimum atomic E-state index is -1.73. The number of halogens is 1. The number of nitrogens with zero attached hydrogens (tertiary/aromatic N) is 2. The van der Waals surface area contributed by atoms with E-state index >= 15 is 0 Å². The van der Waals surface area contributed by atoms with Crippen LogP contribution in [-0.4, -0.2) is 37.9 Å². The third kappa shape index (κ3) is 3.97. The van der Waals surface area contributed by atoms with Crippen LogP contribution >= 0.6 is 15.9 Å². The molecule has 204 valence electrons. The van der Waals surface area contributed by atoms with Gasteiger partial charge in [0.15, 0.2) is 5.78 Å². The van der Waals surface area contributed by atoms with Crippen LogP contribution in [0.5, 0.6) is 0 Å². The van der Waals surface area contributed by atoms with E-state index < -0.39 is 17.3 Å². The summed E-state index contributed by atoms with van der Waals surface area (Å²) in [4.78, 5) is 45.7. The minimum absolute atomic E-state index is 0.0565. The van der Waals surface area contributed by atoms with Gasteiger partial charge in [0.2, 0.25) is 5.91 Å². The zero-order valence-electron chi connectivity index (χ0n) is 22.9. The largest absolute Gasteiger partial charge is 0.466 e. The number of rotatable bonds is 5. The Labute approximate surface area is 237 Å². The van der Waals surface area contributed by atoms with Gasteiger partial charge in [0, 0.05) is 57.9 Å². The Balaban J connectivity index is 1.84. The molecule has 1 amide bonds. The summed E-state index contributed by atoms with van der Waals surface area (Å²) in [5.41, 5.74) is 8.41. The number of hydrogen-bond donors (Lipinski definition) is 2. The second-order valence-electron chi connectivity index (χ2n) is 10.9. The maximum atomic E-state index is 14.1. The molecule has 0 saturated heterocycles. The Morgan fingerprint density at radius 2 is 1.77 bits per heavy atom. The fraction of sp³-hybridized carbons (Fsp3) is 0.367. The van der Waals surface area contributed by atoms with E-state index in [1.54, 1.807) is 23.1 Å². The number of carbonyl (C=O) groups excluding carboxylic acids is 3. The average Bonchev–Trinajstić information content (AvgIpc) is 3.15. The number of Topliss-reactive ketones (excluding diaryl/α,β-unsaturated/α-hetero) is 1. The van der Waals surface area contributed by atoms with Crippen molar-refractivity contribution in [1.82, 2.24) is 0 Å². The number of hydrogen-bond acceptors (Lipinski definition) is 7. The normalized spacial score (nSPS) is 21.6. The fourth-order valence-corrected chi connectivity index (χ4v) is 6.67. The molecule has 0 bridgehead atoms. The van der Waals surface area contributed by atoms with Crippen molar-refractivity contribution in [2.75, 3.05) is 35.3 Å². The van der Waals surface area contributed by atoms with Crippen LogP contribution in [0.15, 0.2) is 69.6 Å². The van der Waals surface area contributed by atoms with Crippen molar-refractivity contribution >= 4 is 50.7 Å². The van der Waals surface area contributed by atoms with Gasteiger partial charge in [0.05, 0.1) is 7.11 Å². The van der Waals surface area contributed by atoms with Crippen molar-refractivity contribution in [3.05, 3.63) is 75.2 Å². The van der Waals surface area contributed by atoms with Crippen LogP contribution in [0, 0.1) is 5.41 Å². The number of fused-ring (bicyclic) bond motifs is 3. The second-order valence-corrected chi connectivity index (χ2v) is 11.8. The highest BCUT2D eigenvalue weighted by molar-refractivity contribution is 9.10. The van der Waals surface area contributed by atoms with E-state index in [0.717, 1.165) is 18.8 Å². The lowest BCUT2D eigenvalue weighted by atomic mass is 9.60.